The highest BCUT2D eigenvalue weighted by molar-refractivity contribution is 5.89. The van der Waals surface area contributed by atoms with Crippen molar-refractivity contribution in [3.63, 3.8) is 0 Å². The summed E-state index contributed by atoms with van der Waals surface area (Å²) in [6.45, 7) is 7.58. The molecule has 8 nitrogen and oxygen atoms in total. The molecule has 0 bridgehead atoms. The van der Waals surface area contributed by atoms with Crippen LogP contribution in [-0.2, 0) is 14.3 Å². The van der Waals surface area contributed by atoms with Gasteiger partial charge in [-0.15, -0.1) is 0 Å². The Morgan fingerprint density at radius 1 is 0.861 bits per heavy atom. The number of benzene rings is 2. The number of aliphatic carboxylic acids is 2. The summed E-state index contributed by atoms with van der Waals surface area (Å²) in [4.78, 5) is 23.7. The minimum atomic E-state index is -1.26. The molecule has 0 saturated carbocycles. The summed E-state index contributed by atoms with van der Waals surface area (Å²) in [5, 5.41) is 25.1. The van der Waals surface area contributed by atoms with Crippen LogP contribution in [-0.4, -0.2) is 89.0 Å². The molecular formula is C26H32F2N2O6. The van der Waals surface area contributed by atoms with E-state index in [1.54, 1.807) is 24.3 Å². The number of carbonyl (C=O) groups is 2. The number of aliphatic hydroxyl groups is 1. The van der Waals surface area contributed by atoms with E-state index in [2.05, 4.69) is 9.80 Å². The van der Waals surface area contributed by atoms with Gasteiger partial charge in [-0.1, -0.05) is 24.3 Å². The van der Waals surface area contributed by atoms with Crippen molar-refractivity contribution in [1.82, 2.24) is 9.80 Å². The summed E-state index contributed by atoms with van der Waals surface area (Å²) < 4.78 is 32.7. The zero-order chi connectivity index (χ0) is 26.5. The first-order chi connectivity index (χ1) is 17.1. The van der Waals surface area contributed by atoms with Gasteiger partial charge in [0.15, 0.2) is 0 Å². The first-order valence-electron chi connectivity index (χ1n) is 11.5. The van der Waals surface area contributed by atoms with Gasteiger partial charge >= 0.3 is 11.9 Å². The standard InChI is InChI=1S/C22H28F2N2O2.C4H4O4/c1-17(27)16-26-12-10-25(11-13-26)14-15-28-22(18-2-6-20(23)7-3-18)19-4-8-21(24)9-5-19;5-3(6)1-2-4(7)8/h2-9,17,22,27H,10-16H2,1H3;1-2H,(H,5,6)(H,7,8)/b;2-1+/t17-;/m1./s1. The quantitative estimate of drug-likeness (QED) is 0.422. The maximum absolute atomic E-state index is 13.3. The van der Waals surface area contributed by atoms with Crippen LogP contribution in [0.1, 0.15) is 24.2 Å². The summed E-state index contributed by atoms with van der Waals surface area (Å²) in [6, 6.07) is 12.5. The van der Waals surface area contributed by atoms with E-state index >= 15 is 0 Å². The second-order valence-electron chi connectivity index (χ2n) is 8.36. The van der Waals surface area contributed by atoms with Crippen molar-refractivity contribution in [2.24, 2.45) is 0 Å². The van der Waals surface area contributed by atoms with Crippen molar-refractivity contribution in [2.75, 3.05) is 45.9 Å². The Morgan fingerprint density at radius 2 is 1.28 bits per heavy atom. The molecule has 0 aliphatic carbocycles. The number of nitrogens with zero attached hydrogens (tertiary/aromatic N) is 2. The molecule has 0 aromatic heterocycles. The molecule has 1 aliphatic heterocycles. The van der Waals surface area contributed by atoms with Crippen LogP contribution in [0.25, 0.3) is 0 Å². The van der Waals surface area contributed by atoms with E-state index in [1.807, 2.05) is 6.92 Å². The van der Waals surface area contributed by atoms with Crippen LogP contribution in [0, 0.1) is 11.6 Å². The van der Waals surface area contributed by atoms with E-state index in [4.69, 9.17) is 14.9 Å². The third-order valence-corrected chi connectivity index (χ3v) is 5.39. The molecule has 3 rings (SSSR count). The SMILES string of the molecule is C[C@@H](O)CN1CCN(CCOC(c2ccc(F)cc2)c2ccc(F)cc2)CC1.O=C(O)/C=C/C(=O)O. The molecule has 1 aliphatic rings. The number of aliphatic hydroxyl groups excluding tert-OH is 1. The molecule has 1 fully saturated rings. The van der Waals surface area contributed by atoms with E-state index in [0.29, 0.717) is 25.3 Å². The smallest absolute Gasteiger partial charge is 0.328 e. The van der Waals surface area contributed by atoms with Crippen molar-refractivity contribution in [1.29, 1.82) is 0 Å². The Kier molecular flexibility index (Phi) is 12.1. The minimum absolute atomic E-state index is 0.295. The van der Waals surface area contributed by atoms with Gasteiger partial charge in [0.2, 0.25) is 0 Å². The molecule has 1 saturated heterocycles. The van der Waals surface area contributed by atoms with Crippen LogP contribution in [0.2, 0.25) is 0 Å². The lowest BCUT2D eigenvalue weighted by Gasteiger charge is -2.35. The molecule has 10 heteroatoms. The molecule has 0 radical (unpaired) electrons. The van der Waals surface area contributed by atoms with Gasteiger partial charge in [0.1, 0.15) is 17.7 Å². The molecule has 0 amide bonds. The maximum Gasteiger partial charge on any atom is 0.328 e. The van der Waals surface area contributed by atoms with Gasteiger partial charge in [0.25, 0.3) is 0 Å². The minimum Gasteiger partial charge on any atom is -0.478 e. The van der Waals surface area contributed by atoms with Gasteiger partial charge in [0.05, 0.1) is 12.7 Å². The van der Waals surface area contributed by atoms with Crippen LogP contribution in [0.15, 0.2) is 60.7 Å². The summed E-state index contributed by atoms with van der Waals surface area (Å²) in [7, 11) is 0. The van der Waals surface area contributed by atoms with E-state index in [0.717, 1.165) is 43.9 Å². The highest BCUT2D eigenvalue weighted by Gasteiger charge is 2.19. The van der Waals surface area contributed by atoms with E-state index in [-0.39, 0.29) is 23.8 Å². The number of carboxylic acids is 2. The number of ether oxygens (including phenoxy) is 1. The van der Waals surface area contributed by atoms with Crippen LogP contribution < -0.4 is 0 Å². The fourth-order valence-electron chi connectivity index (χ4n) is 3.67. The summed E-state index contributed by atoms with van der Waals surface area (Å²) in [5.41, 5.74) is 1.68. The first kappa shape index (κ1) is 29.1. The number of β-amino-alcohol motifs (C(OH)–C–C–N with tert-alkyl or cyclic N) is 1. The molecule has 3 N–H and O–H groups in total. The van der Waals surface area contributed by atoms with Crippen molar-refractivity contribution in [3.05, 3.63) is 83.4 Å². The van der Waals surface area contributed by atoms with Crippen LogP contribution in [0.5, 0.6) is 0 Å². The van der Waals surface area contributed by atoms with Gasteiger partial charge in [-0.25, -0.2) is 18.4 Å². The molecule has 1 heterocycles. The van der Waals surface area contributed by atoms with Crippen molar-refractivity contribution in [3.8, 4) is 0 Å². The first-order valence-corrected chi connectivity index (χ1v) is 11.5. The lowest BCUT2D eigenvalue weighted by Crippen LogP contribution is -2.48. The van der Waals surface area contributed by atoms with Crippen LogP contribution >= 0.6 is 0 Å². The normalized spacial score (nSPS) is 15.5. The second-order valence-corrected chi connectivity index (χ2v) is 8.36. The number of piperazine rings is 1. The average molecular weight is 507 g/mol. The maximum atomic E-state index is 13.3. The fourth-order valence-corrected chi connectivity index (χ4v) is 3.67. The number of hydrogen-bond acceptors (Lipinski definition) is 6. The third-order valence-electron chi connectivity index (χ3n) is 5.39. The third kappa shape index (κ3) is 11.0. The average Bonchev–Trinajstić information content (AvgIpc) is 2.83. The lowest BCUT2D eigenvalue weighted by atomic mass is 10.0. The number of carboxylic acid groups (broad SMARTS) is 2. The predicted molar refractivity (Wildman–Crippen MR) is 130 cm³/mol. The number of halogens is 2. The molecule has 2 aromatic carbocycles. The molecule has 36 heavy (non-hydrogen) atoms. The van der Waals surface area contributed by atoms with Gasteiger partial charge < -0.3 is 20.1 Å². The zero-order valence-electron chi connectivity index (χ0n) is 20.1. The molecule has 0 spiro atoms. The van der Waals surface area contributed by atoms with Crippen molar-refractivity contribution in [2.45, 2.75) is 19.1 Å². The van der Waals surface area contributed by atoms with E-state index in [9.17, 15) is 23.5 Å². The number of rotatable bonds is 10. The summed E-state index contributed by atoms with van der Waals surface area (Å²) >= 11 is 0. The Labute approximate surface area is 209 Å². The summed E-state index contributed by atoms with van der Waals surface area (Å²) in [5.74, 6) is -3.10. The van der Waals surface area contributed by atoms with Gasteiger partial charge in [-0.05, 0) is 42.3 Å². The van der Waals surface area contributed by atoms with Gasteiger partial charge in [-0.2, -0.15) is 0 Å². The molecule has 196 valence electrons. The summed E-state index contributed by atoms with van der Waals surface area (Å²) in [6.07, 6.45) is 0.449. The molecular weight excluding hydrogens is 474 g/mol. The molecule has 2 aromatic rings. The lowest BCUT2D eigenvalue weighted by molar-refractivity contribution is -0.134. The Bertz CT molecular complexity index is 913. The van der Waals surface area contributed by atoms with Gasteiger partial charge in [0, 0.05) is 51.4 Å². The molecule has 0 unspecified atom stereocenters. The number of hydrogen-bond donors (Lipinski definition) is 3. The fraction of sp³-hybridized carbons (Fsp3) is 0.385. The Hall–Kier alpha value is -3.18. The highest BCUT2D eigenvalue weighted by atomic mass is 19.1. The van der Waals surface area contributed by atoms with Crippen LogP contribution in [0.3, 0.4) is 0 Å². The Morgan fingerprint density at radius 3 is 1.67 bits per heavy atom. The van der Waals surface area contributed by atoms with Crippen molar-refractivity contribution >= 4 is 11.9 Å². The van der Waals surface area contributed by atoms with Crippen LogP contribution in [0.4, 0.5) is 8.78 Å². The molecule has 1 atom stereocenters. The predicted octanol–water partition coefficient (Wildman–Crippen LogP) is 2.78. The van der Waals surface area contributed by atoms with Crippen molar-refractivity contribution < 1.29 is 38.4 Å². The van der Waals surface area contributed by atoms with E-state index in [1.165, 1.54) is 24.3 Å². The largest absolute Gasteiger partial charge is 0.478 e. The Balaban J connectivity index is 0.000000493. The zero-order valence-corrected chi connectivity index (χ0v) is 20.1. The van der Waals surface area contributed by atoms with Gasteiger partial charge in [-0.3, -0.25) is 9.80 Å². The topological polar surface area (TPSA) is 111 Å². The van der Waals surface area contributed by atoms with E-state index < -0.39 is 11.9 Å². The monoisotopic (exact) mass is 506 g/mol. The second kappa shape index (κ2) is 15.0. The highest BCUT2D eigenvalue weighted by Crippen LogP contribution is 2.26.